The third kappa shape index (κ3) is 2.29. The summed E-state index contributed by atoms with van der Waals surface area (Å²) < 4.78 is 2.05. The van der Waals surface area contributed by atoms with Crippen LogP contribution >= 0.6 is 0 Å². The summed E-state index contributed by atoms with van der Waals surface area (Å²) in [6, 6.07) is 18.7. The normalized spacial score (nSPS) is 11.0. The van der Waals surface area contributed by atoms with Gasteiger partial charge < -0.3 is 5.73 Å². The van der Waals surface area contributed by atoms with E-state index in [4.69, 9.17) is 5.73 Å². The Labute approximate surface area is 134 Å². The largest absolute Gasteiger partial charge is 0.325 e. The molecule has 0 unspecified atom stereocenters. The fraction of sp³-hybridized carbons (Fsp3) is 0.0526. The highest BCUT2D eigenvalue weighted by Gasteiger charge is 2.13. The molecule has 0 saturated carbocycles. The molecule has 0 atom stereocenters. The summed E-state index contributed by atoms with van der Waals surface area (Å²) in [4.78, 5) is 8.83. The number of imidazole rings is 1. The van der Waals surface area contributed by atoms with Crippen LogP contribution in [0.1, 0.15) is 5.69 Å². The summed E-state index contributed by atoms with van der Waals surface area (Å²) >= 11 is 0. The number of hydrogen-bond donors (Lipinski definition) is 1. The molecule has 4 nitrogen and oxygen atoms in total. The Morgan fingerprint density at radius 1 is 0.870 bits per heavy atom. The van der Waals surface area contributed by atoms with Gasteiger partial charge in [0.15, 0.2) is 5.65 Å². The van der Waals surface area contributed by atoms with Crippen molar-refractivity contribution >= 4 is 5.65 Å². The molecule has 112 valence electrons. The van der Waals surface area contributed by atoms with Gasteiger partial charge in [-0.25, -0.2) is 4.98 Å². The maximum atomic E-state index is 5.77. The first-order chi connectivity index (χ1) is 11.4. The number of benzene rings is 2. The standard InChI is InChI=1S/C19H16N4/c20-12-17-19-22-13-18(23(19)11-10-21-17)16-9-5-4-8-15(16)14-6-2-1-3-7-14/h1-11,13H,12,20H2. The maximum Gasteiger partial charge on any atom is 0.160 e. The molecule has 4 heteroatoms. The lowest BCUT2D eigenvalue weighted by Crippen LogP contribution is -2.03. The molecule has 0 aliphatic carbocycles. The second kappa shape index (κ2) is 5.66. The number of nitrogens with zero attached hydrogens (tertiary/aromatic N) is 3. The third-order valence-electron chi connectivity index (χ3n) is 3.98. The van der Waals surface area contributed by atoms with Gasteiger partial charge in [0, 0.05) is 24.5 Å². The van der Waals surface area contributed by atoms with Gasteiger partial charge in [-0.05, 0) is 11.1 Å². The average Bonchev–Trinajstić information content (AvgIpc) is 3.06. The SMILES string of the molecule is NCc1nccn2c(-c3ccccc3-c3ccccc3)cnc12. The lowest BCUT2D eigenvalue weighted by Gasteiger charge is -2.10. The third-order valence-corrected chi connectivity index (χ3v) is 3.98. The average molecular weight is 300 g/mol. The van der Waals surface area contributed by atoms with Crippen LogP contribution in [0.2, 0.25) is 0 Å². The monoisotopic (exact) mass is 300 g/mol. The van der Waals surface area contributed by atoms with E-state index in [1.54, 1.807) is 6.20 Å². The highest BCUT2D eigenvalue weighted by atomic mass is 15.0. The van der Waals surface area contributed by atoms with Crippen molar-refractivity contribution in [3.63, 3.8) is 0 Å². The molecule has 0 amide bonds. The molecule has 0 spiro atoms. The van der Waals surface area contributed by atoms with Crippen LogP contribution in [-0.4, -0.2) is 14.4 Å². The zero-order chi connectivity index (χ0) is 15.6. The molecule has 4 rings (SSSR count). The number of fused-ring (bicyclic) bond motifs is 1. The Balaban J connectivity index is 1.96. The van der Waals surface area contributed by atoms with Gasteiger partial charge in [-0.2, -0.15) is 0 Å². The summed E-state index contributed by atoms with van der Waals surface area (Å²) in [5.41, 5.74) is 11.9. The van der Waals surface area contributed by atoms with Gasteiger partial charge in [-0.15, -0.1) is 0 Å². The molecule has 0 aliphatic rings. The highest BCUT2D eigenvalue weighted by Crippen LogP contribution is 2.32. The van der Waals surface area contributed by atoms with E-state index < -0.39 is 0 Å². The smallest absolute Gasteiger partial charge is 0.160 e. The van der Waals surface area contributed by atoms with Crippen LogP contribution in [0.25, 0.3) is 28.0 Å². The van der Waals surface area contributed by atoms with Gasteiger partial charge >= 0.3 is 0 Å². The van der Waals surface area contributed by atoms with Crippen molar-refractivity contribution in [3.8, 4) is 22.4 Å². The molecular weight excluding hydrogens is 284 g/mol. The van der Waals surface area contributed by atoms with Crippen LogP contribution in [-0.2, 0) is 6.54 Å². The Bertz CT molecular complexity index is 957. The van der Waals surface area contributed by atoms with Crippen LogP contribution < -0.4 is 5.73 Å². The summed E-state index contributed by atoms with van der Waals surface area (Å²) in [6.45, 7) is 0.376. The zero-order valence-corrected chi connectivity index (χ0v) is 12.6. The first-order valence-corrected chi connectivity index (χ1v) is 7.54. The van der Waals surface area contributed by atoms with Crippen molar-refractivity contribution in [1.29, 1.82) is 0 Å². The van der Waals surface area contributed by atoms with Gasteiger partial charge in [0.25, 0.3) is 0 Å². The molecule has 2 N–H and O–H groups in total. The van der Waals surface area contributed by atoms with E-state index in [0.29, 0.717) is 6.54 Å². The summed E-state index contributed by atoms with van der Waals surface area (Å²) in [5, 5.41) is 0. The highest BCUT2D eigenvalue weighted by molar-refractivity contribution is 5.82. The van der Waals surface area contributed by atoms with Crippen LogP contribution in [0.3, 0.4) is 0 Å². The number of nitrogens with two attached hydrogens (primary N) is 1. The van der Waals surface area contributed by atoms with Gasteiger partial charge in [0.1, 0.15) is 0 Å². The van der Waals surface area contributed by atoms with Gasteiger partial charge in [-0.3, -0.25) is 9.38 Å². The predicted molar refractivity (Wildman–Crippen MR) is 91.8 cm³/mol. The van der Waals surface area contributed by atoms with Crippen LogP contribution in [0.15, 0.2) is 73.2 Å². The van der Waals surface area contributed by atoms with Gasteiger partial charge in [-0.1, -0.05) is 54.6 Å². The van der Waals surface area contributed by atoms with Crippen molar-refractivity contribution in [2.45, 2.75) is 6.54 Å². The zero-order valence-electron chi connectivity index (χ0n) is 12.6. The Morgan fingerprint density at radius 3 is 2.39 bits per heavy atom. The van der Waals surface area contributed by atoms with Crippen LogP contribution in [0.5, 0.6) is 0 Å². The molecule has 2 heterocycles. The van der Waals surface area contributed by atoms with E-state index in [1.165, 1.54) is 11.1 Å². The molecular formula is C19H16N4. The quantitative estimate of drug-likeness (QED) is 0.630. The van der Waals surface area contributed by atoms with E-state index in [2.05, 4.69) is 56.8 Å². The second-order valence-corrected chi connectivity index (χ2v) is 5.33. The van der Waals surface area contributed by atoms with E-state index in [1.807, 2.05) is 24.5 Å². The summed E-state index contributed by atoms with van der Waals surface area (Å²) in [6.07, 6.45) is 5.59. The van der Waals surface area contributed by atoms with Gasteiger partial charge in [0.2, 0.25) is 0 Å². The van der Waals surface area contributed by atoms with Crippen molar-refractivity contribution in [3.05, 3.63) is 78.9 Å². The summed E-state index contributed by atoms with van der Waals surface area (Å²) in [7, 11) is 0. The number of rotatable bonds is 3. The fourth-order valence-corrected chi connectivity index (χ4v) is 2.89. The fourth-order valence-electron chi connectivity index (χ4n) is 2.89. The van der Waals surface area contributed by atoms with E-state index in [0.717, 1.165) is 22.6 Å². The molecule has 4 aromatic rings. The number of hydrogen-bond acceptors (Lipinski definition) is 3. The molecule has 0 bridgehead atoms. The van der Waals surface area contributed by atoms with Crippen LogP contribution in [0.4, 0.5) is 0 Å². The van der Waals surface area contributed by atoms with Crippen LogP contribution in [0, 0.1) is 0 Å². The minimum atomic E-state index is 0.376. The van der Waals surface area contributed by atoms with Crippen molar-refractivity contribution in [1.82, 2.24) is 14.4 Å². The topological polar surface area (TPSA) is 56.2 Å². The minimum Gasteiger partial charge on any atom is -0.325 e. The molecule has 0 fully saturated rings. The molecule has 23 heavy (non-hydrogen) atoms. The Morgan fingerprint density at radius 2 is 1.61 bits per heavy atom. The molecule has 2 aromatic carbocycles. The van der Waals surface area contributed by atoms with Gasteiger partial charge in [0.05, 0.1) is 17.6 Å². The minimum absolute atomic E-state index is 0.376. The molecule has 0 aliphatic heterocycles. The molecule has 0 radical (unpaired) electrons. The van der Waals surface area contributed by atoms with Crippen molar-refractivity contribution in [2.75, 3.05) is 0 Å². The van der Waals surface area contributed by atoms with Crippen molar-refractivity contribution < 1.29 is 0 Å². The first kappa shape index (κ1) is 13.7. The predicted octanol–water partition coefficient (Wildman–Crippen LogP) is 3.52. The first-order valence-electron chi connectivity index (χ1n) is 7.54. The van der Waals surface area contributed by atoms with E-state index >= 15 is 0 Å². The Hall–Kier alpha value is -2.98. The summed E-state index contributed by atoms with van der Waals surface area (Å²) in [5.74, 6) is 0. The van der Waals surface area contributed by atoms with E-state index in [-0.39, 0.29) is 0 Å². The molecule has 0 saturated heterocycles. The molecule has 2 aromatic heterocycles. The Kier molecular flexibility index (Phi) is 3.37. The maximum absolute atomic E-state index is 5.77. The lowest BCUT2D eigenvalue weighted by atomic mass is 9.98. The van der Waals surface area contributed by atoms with E-state index in [9.17, 15) is 0 Å². The van der Waals surface area contributed by atoms with Crippen molar-refractivity contribution in [2.24, 2.45) is 5.73 Å². The second-order valence-electron chi connectivity index (χ2n) is 5.33. The number of aromatic nitrogens is 3. The lowest BCUT2D eigenvalue weighted by molar-refractivity contribution is 0.963.